The van der Waals surface area contributed by atoms with Gasteiger partial charge in [0.2, 0.25) is 0 Å². The average Bonchev–Trinajstić information content (AvgIpc) is 2.89. The summed E-state index contributed by atoms with van der Waals surface area (Å²) in [6.07, 6.45) is 0.731. The topological polar surface area (TPSA) is 52.6 Å². The Bertz CT molecular complexity index is 444. The van der Waals surface area contributed by atoms with Gasteiger partial charge in [-0.1, -0.05) is 30.3 Å². The van der Waals surface area contributed by atoms with Gasteiger partial charge in [-0.15, -0.1) is 24.8 Å². The molecule has 106 valence electrons. The standard InChI is InChI=1S/C13H16N2O2.2ClH/c16-12(17)13-6-11(14-9-13)8-15(13)7-10-4-2-1-3-5-10;;/h1-5,11,14H,6-9H2,(H,16,17);2*1H/t11?,13-;;/m0../s1. The predicted molar refractivity (Wildman–Crippen MR) is 78.1 cm³/mol. The van der Waals surface area contributed by atoms with E-state index in [0.717, 1.165) is 19.5 Å². The first kappa shape index (κ1) is 16.2. The highest BCUT2D eigenvalue weighted by Gasteiger charge is 2.55. The lowest BCUT2D eigenvalue weighted by atomic mass is 9.98. The van der Waals surface area contributed by atoms with Crippen molar-refractivity contribution in [1.82, 2.24) is 10.2 Å². The molecule has 0 saturated carbocycles. The number of fused-ring (bicyclic) bond motifs is 2. The first-order valence-corrected chi connectivity index (χ1v) is 5.96. The summed E-state index contributed by atoms with van der Waals surface area (Å²) in [5.74, 6) is -0.694. The van der Waals surface area contributed by atoms with Crippen molar-refractivity contribution in [3.05, 3.63) is 35.9 Å². The van der Waals surface area contributed by atoms with Crippen molar-refractivity contribution < 1.29 is 9.90 Å². The van der Waals surface area contributed by atoms with E-state index in [1.807, 2.05) is 18.2 Å². The van der Waals surface area contributed by atoms with Gasteiger partial charge in [0.25, 0.3) is 0 Å². The second-order valence-electron chi connectivity index (χ2n) is 4.98. The lowest BCUT2D eigenvalue weighted by molar-refractivity contribution is -0.149. The zero-order valence-electron chi connectivity index (χ0n) is 10.4. The molecule has 0 spiro atoms. The summed E-state index contributed by atoms with van der Waals surface area (Å²) in [4.78, 5) is 13.6. The highest BCUT2D eigenvalue weighted by Crippen LogP contribution is 2.35. The summed E-state index contributed by atoms with van der Waals surface area (Å²) in [5.41, 5.74) is 0.501. The molecule has 2 heterocycles. The van der Waals surface area contributed by atoms with Crippen LogP contribution < -0.4 is 5.32 Å². The van der Waals surface area contributed by atoms with Gasteiger partial charge in [0, 0.05) is 25.7 Å². The van der Waals surface area contributed by atoms with Crippen molar-refractivity contribution in [1.29, 1.82) is 0 Å². The number of benzene rings is 1. The molecule has 2 saturated heterocycles. The largest absolute Gasteiger partial charge is 0.480 e. The lowest BCUT2D eigenvalue weighted by Gasteiger charge is -2.35. The summed E-state index contributed by atoms with van der Waals surface area (Å²) >= 11 is 0. The van der Waals surface area contributed by atoms with E-state index in [4.69, 9.17) is 0 Å². The van der Waals surface area contributed by atoms with Crippen LogP contribution >= 0.6 is 24.8 Å². The molecule has 2 aliphatic heterocycles. The minimum atomic E-state index is -0.694. The number of carboxylic acid groups (broad SMARTS) is 1. The number of carboxylic acids is 1. The first-order valence-electron chi connectivity index (χ1n) is 5.96. The van der Waals surface area contributed by atoms with E-state index in [9.17, 15) is 9.90 Å². The second kappa shape index (κ2) is 6.09. The number of nitrogens with zero attached hydrogens (tertiary/aromatic N) is 1. The summed E-state index contributed by atoms with van der Waals surface area (Å²) in [6, 6.07) is 10.4. The van der Waals surface area contributed by atoms with Crippen LogP contribution in [-0.2, 0) is 11.3 Å². The van der Waals surface area contributed by atoms with Crippen molar-refractivity contribution in [3.8, 4) is 0 Å². The van der Waals surface area contributed by atoms with Crippen molar-refractivity contribution in [3.63, 3.8) is 0 Å². The van der Waals surface area contributed by atoms with E-state index in [1.54, 1.807) is 0 Å². The van der Waals surface area contributed by atoms with Gasteiger partial charge < -0.3 is 10.4 Å². The van der Waals surface area contributed by atoms with Crippen LogP contribution in [0.3, 0.4) is 0 Å². The Kier molecular flexibility index (Phi) is 5.21. The quantitative estimate of drug-likeness (QED) is 0.889. The number of hydrogen-bond acceptors (Lipinski definition) is 3. The molecule has 6 heteroatoms. The normalized spacial score (nSPS) is 28.5. The van der Waals surface area contributed by atoms with Crippen LogP contribution in [0.5, 0.6) is 0 Å². The number of halogens is 2. The maximum Gasteiger partial charge on any atom is 0.325 e. The third-order valence-corrected chi connectivity index (χ3v) is 3.93. The molecular formula is C13H18Cl2N2O2. The van der Waals surface area contributed by atoms with E-state index >= 15 is 0 Å². The number of rotatable bonds is 3. The van der Waals surface area contributed by atoms with Crippen molar-refractivity contribution in [2.24, 2.45) is 0 Å². The molecule has 2 bridgehead atoms. The number of piperazine rings is 1. The highest BCUT2D eigenvalue weighted by molar-refractivity contribution is 5.85. The Hall–Kier alpha value is -0.810. The van der Waals surface area contributed by atoms with Crippen LogP contribution in [0, 0.1) is 0 Å². The molecule has 0 amide bonds. The molecule has 19 heavy (non-hydrogen) atoms. The molecule has 2 atom stereocenters. The Morgan fingerprint density at radius 1 is 1.37 bits per heavy atom. The zero-order chi connectivity index (χ0) is 11.9. The molecule has 0 aliphatic carbocycles. The third kappa shape index (κ3) is 2.72. The van der Waals surface area contributed by atoms with Gasteiger partial charge in [0.05, 0.1) is 0 Å². The Morgan fingerprint density at radius 2 is 2.05 bits per heavy atom. The minimum Gasteiger partial charge on any atom is -0.480 e. The number of nitrogens with one attached hydrogen (secondary N) is 1. The fourth-order valence-electron chi connectivity index (χ4n) is 2.99. The second-order valence-corrected chi connectivity index (χ2v) is 4.98. The molecule has 2 aliphatic rings. The molecule has 3 rings (SSSR count). The molecular weight excluding hydrogens is 287 g/mol. The van der Waals surface area contributed by atoms with Crippen LogP contribution in [0.1, 0.15) is 12.0 Å². The van der Waals surface area contributed by atoms with Gasteiger partial charge in [-0.2, -0.15) is 0 Å². The highest BCUT2D eigenvalue weighted by atomic mass is 35.5. The lowest BCUT2D eigenvalue weighted by Crippen LogP contribution is -2.56. The maximum absolute atomic E-state index is 11.5. The van der Waals surface area contributed by atoms with E-state index in [2.05, 4.69) is 22.3 Å². The summed E-state index contributed by atoms with van der Waals surface area (Å²) in [6.45, 7) is 2.13. The summed E-state index contributed by atoms with van der Waals surface area (Å²) in [7, 11) is 0. The molecule has 2 N–H and O–H groups in total. The average molecular weight is 305 g/mol. The predicted octanol–water partition coefficient (Wildman–Crippen LogP) is 1.53. The smallest absolute Gasteiger partial charge is 0.325 e. The molecule has 1 aromatic carbocycles. The van der Waals surface area contributed by atoms with Gasteiger partial charge in [-0.25, -0.2) is 0 Å². The van der Waals surface area contributed by atoms with Crippen LogP contribution in [-0.4, -0.2) is 40.6 Å². The third-order valence-electron chi connectivity index (χ3n) is 3.93. The molecule has 4 nitrogen and oxygen atoms in total. The van der Waals surface area contributed by atoms with E-state index in [-0.39, 0.29) is 24.8 Å². The Labute approximate surface area is 125 Å². The fourth-order valence-corrected chi connectivity index (χ4v) is 2.99. The van der Waals surface area contributed by atoms with Gasteiger partial charge >= 0.3 is 5.97 Å². The van der Waals surface area contributed by atoms with Gasteiger partial charge in [-0.05, 0) is 12.0 Å². The monoisotopic (exact) mass is 304 g/mol. The van der Waals surface area contributed by atoms with Gasteiger partial charge in [0.1, 0.15) is 5.54 Å². The van der Waals surface area contributed by atoms with Crippen LogP contribution in [0.25, 0.3) is 0 Å². The van der Waals surface area contributed by atoms with E-state index < -0.39 is 11.5 Å². The molecule has 1 unspecified atom stereocenters. The molecule has 1 aromatic rings. The number of likely N-dealkylation sites (tertiary alicyclic amines) is 1. The number of aliphatic carboxylic acids is 1. The number of carbonyl (C=O) groups is 1. The van der Waals surface area contributed by atoms with Crippen LogP contribution in [0.4, 0.5) is 0 Å². The molecule has 2 fully saturated rings. The van der Waals surface area contributed by atoms with Crippen molar-refractivity contribution in [2.45, 2.75) is 24.5 Å². The summed E-state index contributed by atoms with van der Waals surface area (Å²) < 4.78 is 0. The Morgan fingerprint density at radius 3 is 2.63 bits per heavy atom. The molecule has 0 radical (unpaired) electrons. The number of hydrogen-bond donors (Lipinski definition) is 2. The van der Waals surface area contributed by atoms with Gasteiger partial charge in [-0.3, -0.25) is 9.69 Å². The van der Waals surface area contributed by atoms with E-state index in [1.165, 1.54) is 5.56 Å². The van der Waals surface area contributed by atoms with E-state index in [0.29, 0.717) is 12.6 Å². The minimum absolute atomic E-state index is 0. The maximum atomic E-state index is 11.5. The van der Waals surface area contributed by atoms with Crippen LogP contribution in [0.15, 0.2) is 30.3 Å². The van der Waals surface area contributed by atoms with Crippen molar-refractivity contribution in [2.75, 3.05) is 13.1 Å². The SMILES string of the molecule is Cl.Cl.O=C(O)[C@]12CNC(CN1Cc1ccccc1)C2. The van der Waals surface area contributed by atoms with Crippen LogP contribution in [0.2, 0.25) is 0 Å². The van der Waals surface area contributed by atoms with Gasteiger partial charge in [0.15, 0.2) is 0 Å². The molecule has 0 aromatic heterocycles. The first-order chi connectivity index (χ1) is 8.21. The van der Waals surface area contributed by atoms with Crippen molar-refractivity contribution >= 4 is 30.8 Å². The fraction of sp³-hybridized carbons (Fsp3) is 0.462. The Balaban J connectivity index is 0.000000902. The zero-order valence-corrected chi connectivity index (χ0v) is 12.0. The summed E-state index contributed by atoms with van der Waals surface area (Å²) in [5, 5.41) is 12.7.